The number of unbranched alkanes of at least 4 members (excludes halogenated alkanes) is 3. The fraction of sp³-hybridized carbons (Fsp3) is 0.692. The van der Waals surface area contributed by atoms with Crippen molar-refractivity contribution in [2.75, 3.05) is 0 Å². The van der Waals surface area contributed by atoms with Gasteiger partial charge in [-0.3, -0.25) is 14.3 Å². The summed E-state index contributed by atoms with van der Waals surface area (Å²) in [5, 5.41) is 0. The van der Waals surface area contributed by atoms with Crippen LogP contribution in [0.5, 0.6) is 0 Å². The van der Waals surface area contributed by atoms with E-state index in [-0.39, 0.29) is 17.3 Å². The van der Waals surface area contributed by atoms with E-state index in [0.29, 0.717) is 0 Å². The van der Waals surface area contributed by atoms with Crippen molar-refractivity contribution in [2.45, 2.75) is 58.4 Å². The van der Waals surface area contributed by atoms with Crippen molar-refractivity contribution in [3.8, 4) is 0 Å². The second-order valence-electron chi connectivity index (χ2n) is 4.43. The third kappa shape index (κ3) is 4.21. The second kappa shape index (κ2) is 7.09. The zero-order valence-corrected chi connectivity index (χ0v) is 10.7. The standard InChI is InChI=1S/C13H22N2O2/c1-3-5-6-7-8-11(4-2)15-10-9-12(16)14-13(15)17/h9-11H,3-8H2,1-2H3,(H,14,16,17). The first-order chi connectivity index (χ1) is 8.19. The average molecular weight is 238 g/mol. The van der Waals surface area contributed by atoms with Gasteiger partial charge in [0.2, 0.25) is 0 Å². The van der Waals surface area contributed by atoms with E-state index in [2.05, 4.69) is 18.8 Å². The third-order valence-corrected chi connectivity index (χ3v) is 3.11. The van der Waals surface area contributed by atoms with Gasteiger partial charge in [0, 0.05) is 18.3 Å². The molecule has 0 aliphatic rings. The molecule has 1 atom stereocenters. The first kappa shape index (κ1) is 13.7. The fourth-order valence-electron chi connectivity index (χ4n) is 2.06. The highest BCUT2D eigenvalue weighted by atomic mass is 16.2. The molecule has 1 aromatic heterocycles. The van der Waals surface area contributed by atoms with Gasteiger partial charge < -0.3 is 0 Å². The molecule has 96 valence electrons. The maximum atomic E-state index is 11.6. The topological polar surface area (TPSA) is 54.9 Å². The summed E-state index contributed by atoms with van der Waals surface area (Å²) in [4.78, 5) is 24.9. The number of aromatic nitrogens is 2. The Balaban J connectivity index is 2.66. The summed E-state index contributed by atoms with van der Waals surface area (Å²) in [6, 6.07) is 1.62. The second-order valence-corrected chi connectivity index (χ2v) is 4.43. The molecule has 17 heavy (non-hydrogen) atoms. The highest BCUT2D eigenvalue weighted by Gasteiger charge is 2.09. The minimum absolute atomic E-state index is 0.205. The van der Waals surface area contributed by atoms with Gasteiger partial charge in [-0.1, -0.05) is 39.5 Å². The van der Waals surface area contributed by atoms with Gasteiger partial charge in [-0.15, -0.1) is 0 Å². The normalized spacial score (nSPS) is 12.6. The van der Waals surface area contributed by atoms with Gasteiger partial charge in [0.05, 0.1) is 0 Å². The first-order valence-electron chi connectivity index (χ1n) is 6.50. The first-order valence-corrected chi connectivity index (χ1v) is 6.50. The van der Waals surface area contributed by atoms with Crippen molar-refractivity contribution in [3.05, 3.63) is 33.1 Å². The SMILES string of the molecule is CCCCCCC(CC)n1ccc(=O)[nH]c1=O. The minimum atomic E-state index is -0.327. The monoisotopic (exact) mass is 238 g/mol. The molecule has 0 radical (unpaired) electrons. The van der Waals surface area contributed by atoms with Crippen molar-refractivity contribution in [2.24, 2.45) is 0 Å². The lowest BCUT2D eigenvalue weighted by atomic mass is 10.1. The molecule has 0 saturated carbocycles. The van der Waals surface area contributed by atoms with Crippen LogP contribution in [-0.4, -0.2) is 9.55 Å². The Hall–Kier alpha value is -1.32. The quantitative estimate of drug-likeness (QED) is 0.742. The van der Waals surface area contributed by atoms with Gasteiger partial charge in [-0.05, 0) is 12.8 Å². The summed E-state index contributed by atoms with van der Waals surface area (Å²) in [6.45, 7) is 4.26. The molecule has 1 N–H and O–H groups in total. The molecule has 0 saturated heterocycles. The van der Waals surface area contributed by atoms with Crippen molar-refractivity contribution in [1.29, 1.82) is 0 Å². The number of hydrogen-bond donors (Lipinski definition) is 1. The van der Waals surface area contributed by atoms with Crippen LogP contribution in [0, 0.1) is 0 Å². The average Bonchev–Trinajstić information content (AvgIpc) is 2.31. The number of nitrogens with one attached hydrogen (secondary N) is 1. The van der Waals surface area contributed by atoms with Crippen LogP contribution in [0.15, 0.2) is 21.9 Å². The van der Waals surface area contributed by atoms with Gasteiger partial charge in [0.1, 0.15) is 0 Å². The molecule has 4 heteroatoms. The molecule has 4 nitrogen and oxygen atoms in total. The lowest BCUT2D eigenvalue weighted by Gasteiger charge is -2.17. The molecule has 0 aliphatic carbocycles. The van der Waals surface area contributed by atoms with Gasteiger partial charge in [-0.25, -0.2) is 4.79 Å². The van der Waals surface area contributed by atoms with Crippen LogP contribution >= 0.6 is 0 Å². The molecule has 0 aliphatic heterocycles. The zero-order valence-electron chi connectivity index (χ0n) is 10.7. The largest absolute Gasteiger partial charge is 0.328 e. The van der Waals surface area contributed by atoms with E-state index in [1.54, 1.807) is 10.8 Å². The third-order valence-electron chi connectivity index (χ3n) is 3.11. The summed E-state index contributed by atoms with van der Waals surface area (Å²) in [6.07, 6.45) is 8.34. The Morgan fingerprint density at radius 2 is 2.00 bits per heavy atom. The van der Waals surface area contributed by atoms with E-state index in [9.17, 15) is 9.59 Å². The van der Waals surface area contributed by atoms with Gasteiger partial charge >= 0.3 is 5.69 Å². The Bertz CT molecular complexity index is 434. The van der Waals surface area contributed by atoms with Crippen LogP contribution < -0.4 is 11.2 Å². The summed E-state index contributed by atoms with van der Waals surface area (Å²) in [7, 11) is 0. The molecule has 0 spiro atoms. The van der Waals surface area contributed by atoms with Crippen LogP contribution in [0.3, 0.4) is 0 Å². The van der Waals surface area contributed by atoms with E-state index in [1.807, 2.05) is 0 Å². The molecular formula is C13H22N2O2. The van der Waals surface area contributed by atoms with Crippen molar-refractivity contribution in [1.82, 2.24) is 9.55 Å². The molecule has 1 rings (SSSR count). The van der Waals surface area contributed by atoms with Gasteiger partial charge in [0.15, 0.2) is 0 Å². The highest BCUT2D eigenvalue weighted by Crippen LogP contribution is 2.17. The van der Waals surface area contributed by atoms with E-state index >= 15 is 0 Å². The van der Waals surface area contributed by atoms with Crippen LogP contribution in [0.1, 0.15) is 58.4 Å². The smallest absolute Gasteiger partial charge is 0.298 e. The van der Waals surface area contributed by atoms with E-state index in [1.165, 1.54) is 25.3 Å². The zero-order chi connectivity index (χ0) is 12.7. The van der Waals surface area contributed by atoms with Crippen molar-refractivity contribution in [3.63, 3.8) is 0 Å². The highest BCUT2D eigenvalue weighted by molar-refractivity contribution is 4.85. The fourth-order valence-corrected chi connectivity index (χ4v) is 2.06. The van der Waals surface area contributed by atoms with Gasteiger partial charge in [0.25, 0.3) is 5.56 Å². The molecule has 0 bridgehead atoms. The maximum Gasteiger partial charge on any atom is 0.328 e. The molecule has 0 aromatic carbocycles. The van der Waals surface area contributed by atoms with Crippen LogP contribution in [0.4, 0.5) is 0 Å². The lowest BCUT2D eigenvalue weighted by Crippen LogP contribution is -2.31. The Morgan fingerprint density at radius 1 is 1.24 bits per heavy atom. The summed E-state index contributed by atoms with van der Waals surface area (Å²) < 4.78 is 1.65. The number of nitrogens with zero attached hydrogens (tertiary/aromatic N) is 1. The Kier molecular flexibility index (Phi) is 5.73. The number of rotatable bonds is 7. The van der Waals surface area contributed by atoms with E-state index in [0.717, 1.165) is 19.3 Å². The van der Waals surface area contributed by atoms with Crippen LogP contribution in [0.2, 0.25) is 0 Å². The lowest BCUT2D eigenvalue weighted by molar-refractivity contribution is 0.412. The number of hydrogen-bond acceptors (Lipinski definition) is 2. The van der Waals surface area contributed by atoms with Crippen molar-refractivity contribution < 1.29 is 0 Å². The van der Waals surface area contributed by atoms with E-state index in [4.69, 9.17) is 0 Å². The molecule has 1 aromatic rings. The summed E-state index contributed by atoms with van der Waals surface area (Å²) in [5.41, 5.74) is -0.619. The Morgan fingerprint density at radius 3 is 2.59 bits per heavy atom. The molecule has 0 amide bonds. The van der Waals surface area contributed by atoms with Gasteiger partial charge in [-0.2, -0.15) is 0 Å². The maximum absolute atomic E-state index is 11.6. The summed E-state index contributed by atoms with van der Waals surface area (Å²) >= 11 is 0. The number of aromatic amines is 1. The van der Waals surface area contributed by atoms with Crippen LogP contribution in [-0.2, 0) is 0 Å². The van der Waals surface area contributed by atoms with Crippen LogP contribution in [0.25, 0.3) is 0 Å². The minimum Gasteiger partial charge on any atom is -0.298 e. The van der Waals surface area contributed by atoms with Crippen molar-refractivity contribution >= 4 is 0 Å². The molecule has 1 unspecified atom stereocenters. The predicted molar refractivity (Wildman–Crippen MR) is 69.4 cm³/mol. The summed E-state index contributed by atoms with van der Waals surface area (Å²) in [5.74, 6) is 0. The molecule has 1 heterocycles. The van der Waals surface area contributed by atoms with E-state index < -0.39 is 0 Å². The number of H-pyrrole nitrogens is 1. The Labute approximate surface area is 102 Å². The molecular weight excluding hydrogens is 216 g/mol. The molecule has 0 fully saturated rings. The predicted octanol–water partition coefficient (Wildman–Crippen LogP) is 2.46.